The van der Waals surface area contributed by atoms with E-state index in [1.165, 1.54) is 0 Å². The smallest absolute Gasteiger partial charge is 0.333 e. The number of carboxylic acids is 1. The number of likely N-dealkylation sites (N-methyl/N-ethyl adjacent to an activating group) is 1. The van der Waals surface area contributed by atoms with Gasteiger partial charge in [0.2, 0.25) is 0 Å². The van der Waals surface area contributed by atoms with E-state index in [1.54, 1.807) is 13.2 Å². The van der Waals surface area contributed by atoms with Crippen LogP contribution in [0, 0.1) is 0 Å². The molecule has 0 amide bonds. The van der Waals surface area contributed by atoms with Crippen LogP contribution < -0.4 is 9.47 Å². The summed E-state index contributed by atoms with van der Waals surface area (Å²) in [6, 6.07) is 3.73. The molecule has 5 atom stereocenters. The highest BCUT2D eigenvalue weighted by atomic mass is 16.6. The predicted octanol–water partition coefficient (Wildman–Crippen LogP) is 0.352. The van der Waals surface area contributed by atoms with Crippen LogP contribution >= 0.6 is 0 Å². The van der Waals surface area contributed by atoms with E-state index in [2.05, 4.69) is 4.90 Å². The van der Waals surface area contributed by atoms with Gasteiger partial charge in [-0.25, -0.2) is 4.79 Å². The highest BCUT2D eigenvalue weighted by Gasteiger charge is 2.72. The van der Waals surface area contributed by atoms with Crippen molar-refractivity contribution in [3.05, 3.63) is 35.1 Å². The third-order valence-electron chi connectivity index (χ3n) is 7.43. The molecule has 0 aromatic heterocycles. The Labute approximate surface area is 178 Å². The number of rotatable bonds is 5. The molecule has 4 aliphatic rings. The summed E-state index contributed by atoms with van der Waals surface area (Å²) in [5, 5.41) is 30.4. The largest absolute Gasteiger partial charge is 0.493 e. The van der Waals surface area contributed by atoms with Crippen molar-refractivity contribution in [2.24, 2.45) is 0 Å². The Morgan fingerprint density at radius 1 is 1.39 bits per heavy atom. The summed E-state index contributed by atoms with van der Waals surface area (Å²) in [6.45, 7) is 0.738. The fourth-order valence-corrected chi connectivity index (χ4v) is 6.01. The normalized spacial score (nSPS) is 33.6. The van der Waals surface area contributed by atoms with Gasteiger partial charge in [-0.15, -0.1) is 0 Å². The highest BCUT2D eigenvalue weighted by Crippen LogP contribution is 2.65. The fraction of sp³-hybridized carbons (Fsp3) is 0.545. The van der Waals surface area contributed by atoms with Gasteiger partial charge in [0.1, 0.15) is 5.76 Å². The lowest BCUT2D eigenvalue weighted by atomic mass is 9.50. The number of methoxy groups -OCH3 is 1. The van der Waals surface area contributed by atoms with Crippen LogP contribution in [0.3, 0.4) is 0 Å². The molecule has 1 fully saturated rings. The van der Waals surface area contributed by atoms with Crippen LogP contribution in [-0.4, -0.2) is 76.7 Å². The number of likely N-dealkylation sites (tertiary alicyclic amines) is 1. The zero-order valence-corrected chi connectivity index (χ0v) is 17.3. The van der Waals surface area contributed by atoms with Gasteiger partial charge < -0.3 is 34.4 Å². The van der Waals surface area contributed by atoms with Gasteiger partial charge in [-0.3, -0.25) is 4.79 Å². The quantitative estimate of drug-likeness (QED) is 0.566. The number of aliphatic carboxylic acids is 1. The van der Waals surface area contributed by atoms with Gasteiger partial charge in [-0.2, -0.15) is 0 Å². The number of benzene rings is 1. The second-order valence-electron chi connectivity index (χ2n) is 8.82. The molecule has 1 aromatic carbocycles. The van der Waals surface area contributed by atoms with Crippen molar-refractivity contribution < 1.29 is 39.1 Å². The summed E-state index contributed by atoms with van der Waals surface area (Å²) >= 11 is 0. The van der Waals surface area contributed by atoms with Crippen molar-refractivity contribution in [3.8, 4) is 11.5 Å². The third kappa shape index (κ3) is 2.54. The Bertz CT molecular complexity index is 1010. The predicted molar refractivity (Wildman–Crippen MR) is 106 cm³/mol. The summed E-state index contributed by atoms with van der Waals surface area (Å²) in [7, 11) is 3.56. The Morgan fingerprint density at radius 3 is 2.87 bits per heavy atom. The Hall–Kier alpha value is -2.62. The van der Waals surface area contributed by atoms with E-state index in [0.29, 0.717) is 24.3 Å². The van der Waals surface area contributed by atoms with Gasteiger partial charge in [-0.1, -0.05) is 6.07 Å². The minimum Gasteiger partial charge on any atom is -0.493 e. The molecule has 2 bridgehead atoms. The summed E-state index contributed by atoms with van der Waals surface area (Å²) in [5.74, 6) is -1.02. The standard InChI is InChI=1S/C22H25NO8/c1-23-8-7-21-17-11-3-4-13(29-2)18(17)31-19(21)14(5-6-22(21,28)15(23)9-11)30-16(25)10-12(24)20(26)27/h3-5,12,15,19,24,28H,6-10H2,1-2H3,(H,26,27)/t12-,15-,19+,21+,22-/m0/s1. The van der Waals surface area contributed by atoms with E-state index in [0.717, 1.165) is 17.7 Å². The summed E-state index contributed by atoms with van der Waals surface area (Å²) in [5.41, 5.74) is 0.0627. The number of aliphatic hydroxyl groups excluding tert-OH is 1. The second-order valence-corrected chi connectivity index (χ2v) is 8.82. The van der Waals surface area contributed by atoms with E-state index >= 15 is 0 Å². The van der Waals surface area contributed by atoms with Crippen LogP contribution in [0.4, 0.5) is 0 Å². The van der Waals surface area contributed by atoms with Crippen LogP contribution in [0.1, 0.15) is 30.4 Å². The second kappa shape index (κ2) is 6.69. The highest BCUT2D eigenvalue weighted by molar-refractivity contribution is 5.81. The number of ether oxygens (including phenoxy) is 3. The first-order chi connectivity index (χ1) is 14.7. The van der Waals surface area contributed by atoms with Gasteiger partial charge in [0.15, 0.2) is 23.7 Å². The van der Waals surface area contributed by atoms with Crippen LogP contribution in [0.2, 0.25) is 0 Å². The molecule has 2 heterocycles. The molecule has 9 heteroatoms. The van der Waals surface area contributed by atoms with Crippen molar-refractivity contribution in [3.63, 3.8) is 0 Å². The number of carbonyl (C=O) groups excluding carboxylic acids is 1. The summed E-state index contributed by atoms with van der Waals surface area (Å²) < 4.78 is 17.4. The number of hydrogen-bond donors (Lipinski definition) is 3. The number of carbonyl (C=O) groups is 2. The molecule has 5 rings (SSSR count). The van der Waals surface area contributed by atoms with Gasteiger partial charge in [0, 0.05) is 18.0 Å². The first kappa shape index (κ1) is 20.3. The minimum atomic E-state index is -1.84. The molecule has 2 aliphatic carbocycles. The number of esters is 1. The molecular weight excluding hydrogens is 406 g/mol. The zero-order chi connectivity index (χ0) is 22.1. The topological polar surface area (TPSA) is 126 Å². The van der Waals surface area contributed by atoms with E-state index in [1.807, 2.05) is 19.2 Å². The Balaban J connectivity index is 1.59. The van der Waals surface area contributed by atoms with E-state index < -0.39 is 41.6 Å². The lowest BCUT2D eigenvalue weighted by molar-refractivity contribution is -0.170. The lowest BCUT2D eigenvalue weighted by Gasteiger charge is -2.61. The van der Waals surface area contributed by atoms with Gasteiger partial charge in [0.25, 0.3) is 0 Å². The van der Waals surface area contributed by atoms with Crippen molar-refractivity contribution in [1.82, 2.24) is 4.90 Å². The van der Waals surface area contributed by atoms with Crippen LogP contribution in [0.5, 0.6) is 11.5 Å². The molecule has 0 unspecified atom stereocenters. The van der Waals surface area contributed by atoms with Gasteiger partial charge >= 0.3 is 11.9 Å². The Morgan fingerprint density at radius 2 is 2.16 bits per heavy atom. The van der Waals surface area contributed by atoms with Gasteiger partial charge in [-0.05, 0) is 44.1 Å². The van der Waals surface area contributed by atoms with E-state index in [4.69, 9.17) is 19.3 Å². The molecule has 1 saturated heterocycles. The summed E-state index contributed by atoms with van der Waals surface area (Å²) in [6.07, 6.45) is -0.0812. The molecule has 2 aliphatic heterocycles. The van der Waals surface area contributed by atoms with Crippen LogP contribution in [0.15, 0.2) is 24.0 Å². The number of nitrogens with zero attached hydrogens (tertiary/aromatic N) is 1. The molecule has 0 saturated carbocycles. The molecule has 9 nitrogen and oxygen atoms in total. The molecule has 1 spiro atoms. The molecular formula is C22H25NO8. The molecule has 3 N–H and O–H groups in total. The van der Waals surface area contributed by atoms with Crippen molar-refractivity contribution in [1.29, 1.82) is 0 Å². The molecule has 1 aromatic rings. The summed E-state index contributed by atoms with van der Waals surface area (Å²) in [4.78, 5) is 25.4. The molecule has 0 radical (unpaired) electrons. The lowest BCUT2D eigenvalue weighted by Crippen LogP contribution is -2.74. The minimum absolute atomic E-state index is 0.124. The SMILES string of the molecule is COc1ccc2c3c1O[C@@H]1C(OC(=O)C[C@H](O)C(=O)O)=CC[C@]4(O)[C@H](C2)N(C)CC[C@@]314. The van der Waals surface area contributed by atoms with E-state index in [9.17, 15) is 19.8 Å². The van der Waals surface area contributed by atoms with Crippen molar-refractivity contribution in [2.45, 2.75) is 54.9 Å². The first-order valence-corrected chi connectivity index (χ1v) is 10.3. The first-order valence-electron chi connectivity index (χ1n) is 10.3. The number of carboxylic acid groups (broad SMARTS) is 1. The van der Waals surface area contributed by atoms with E-state index in [-0.39, 0.29) is 18.2 Å². The number of hydrogen-bond acceptors (Lipinski definition) is 8. The van der Waals surface area contributed by atoms with Gasteiger partial charge in [0.05, 0.1) is 24.5 Å². The van der Waals surface area contributed by atoms with Crippen LogP contribution in [-0.2, 0) is 26.2 Å². The molecule has 166 valence electrons. The van der Waals surface area contributed by atoms with Crippen molar-refractivity contribution in [2.75, 3.05) is 20.7 Å². The maximum absolute atomic E-state index is 12.3. The zero-order valence-electron chi connectivity index (χ0n) is 17.3. The van der Waals surface area contributed by atoms with Crippen molar-refractivity contribution >= 4 is 11.9 Å². The van der Waals surface area contributed by atoms with Crippen LogP contribution in [0.25, 0.3) is 0 Å². The third-order valence-corrected chi connectivity index (χ3v) is 7.43. The molecule has 31 heavy (non-hydrogen) atoms. The Kier molecular flexibility index (Phi) is 4.38. The number of aliphatic hydroxyl groups is 2. The maximum Gasteiger partial charge on any atom is 0.333 e. The monoisotopic (exact) mass is 431 g/mol. The average Bonchev–Trinajstić information content (AvgIpc) is 3.08. The maximum atomic E-state index is 12.3. The average molecular weight is 431 g/mol. The fourth-order valence-electron chi connectivity index (χ4n) is 6.01. The number of piperidine rings is 1.